The van der Waals surface area contributed by atoms with Crippen molar-refractivity contribution in [2.24, 2.45) is 23.2 Å². The molecule has 3 heteroatoms. The molecule has 2 fully saturated rings. The molecule has 21 heavy (non-hydrogen) atoms. The summed E-state index contributed by atoms with van der Waals surface area (Å²) in [4.78, 5) is 12.7. The maximum atomic E-state index is 12.7. The van der Waals surface area contributed by atoms with Crippen LogP contribution in [0.2, 0.25) is 0 Å². The molecule has 0 aromatic rings. The number of carbonyl (C=O) groups is 1. The van der Waals surface area contributed by atoms with Gasteiger partial charge in [-0.2, -0.15) is 0 Å². The van der Waals surface area contributed by atoms with Crippen molar-refractivity contribution in [1.29, 1.82) is 0 Å². The molecule has 2 aliphatic rings. The summed E-state index contributed by atoms with van der Waals surface area (Å²) in [5.41, 5.74) is 0.130. The van der Waals surface area contributed by atoms with Crippen LogP contribution >= 0.6 is 15.9 Å². The normalized spacial score (nSPS) is 31.3. The summed E-state index contributed by atoms with van der Waals surface area (Å²) in [5, 5.41) is 4.30. The van der Waals surface area contributed by atoms with Crippen LogP contribution < -0.4 is 5.32 Å². The molecule has 2 nitrogen and oxygen atoms in total. The van der Waals surface area contributed by atoms with E-state index in [0.717, 1.165) is 36.4 Å². The molecular weight excluding hydrogens is 326 g/mol. The SMILES string of the molecule is CC(C)(C)C(CCBr)NC(=O)C1CCC2CCCCC2C1. The maximum absolute atomic E-state index is 12.7. The summed E-state index contributed by atoms with van der Waals surface area (Å²) in [6, 6.07) is 0.272. The lowest BCUT2D eigenvalue weighted by molar-refractivity contribution is -0.128. The fourth-order valence-electron chi connectivity index (χ4n) is 4.23. The standard InChI is InChI=1S/C18H32BrNO/c1-18(2,3)16(10-11-19)20-17(21)15-9-8-13-6-4-5-7-14(13)12-15/h13-16H,4-12H2,1-3H3,(H,20,21). The minimum Gasteiger partial charge on any atom is -0.353 e. The van der Waals surface area contributed by atoms with Gasteiger partial charge >= 0.3 is 0 Å². The van der Waals surface area contributed by atoms with Gasteiger partial charge in [-0.15, -0.1) is 0 Å². The first-order chi connectivity index (χ1) is 9.91. The van der Waals surface area contributed by atoms with E-state index in [0.29, 0.717) is 5.91 Å². The van der Waals surface area contributed by atoms with E-state index in [1.165, 1.54) is 32.1 Å². The second kappa shape index (κ2) is 7.48. The molecule has 0 spiro atoms. The van der Waals surface area contributed by atoms with Crippen LogP contribution in [0.1, 0.15) is 72.1 Å². The smallest absolute Gasteiger partial charge is 0.223 e. The fraction of sp³-hybridized carbons (Fsp3) is 0.944. The van der Waals surface area contributed by atoms with E-state index >= 15 is 0 Å². The van der Waals surface area contributed by atoms with Gasteiger partial charge in [-0.3, -0.25) is 4.79 Å². The van der Waals surface area contributed by atoms with Crippen molar-refractivity contribution in [2.75, 3.05) is 5.33 Å². The van der Waals surface area contributed by atoms with Crippen LogP contribution in [0.4, 0.5) is 0 Å². The van der Waals surface area contributed by atoms with Gasteiger partial charge in [0.15, 0.2) is 0 Å². The van der Waals surface area contributed by atoms with Crippen molar-refractivity contribution in [3.63, 3.8) is 0 Å². The van der Waals surface area contributed by atoms with Crippen molar-refractivity contribution < 1.29 is 4.79 Å². The lowest BCUT2D eigenvalue weighted by atomic mass is 9.67. The molecule has 0 aromatic carbocycles. The highest BCUT2D eigenvalue weighted by atomic mass is 79.9. The Hall–Kier alpha value is -0.0500. The minimum atomic E-state index is 0.130. The second-order valence-corrected chi connectivity index (χ2v) is 9.01. The number of hydrogen-bond acceptors (Lipinski definition) is 1. The Labute approximate surface area is 139 Å². The Kier molecular flexibility index (Phi) is 6.16. The zero-order valence-electron chi connectivity index (χ0n) is 14.0. The van der Waals surface area contributed by atoms with Gasteiger partial charge < -0.3 is 5.32 Å². The zero-order chi connectivity index (χ0) is 15.5. The molecule has 4 unspecified atom stereocenters. The third-order valence-corrected chi connectivity index (χ3v) is 6.13. The summed E-state index contributed by atoms with van der Waals surface area (Å²) in [5.74, 6) is 2.33. The molecule has 122 valence electrons. The number of rotatable bonds is 4. The molecule has 0 saturated heterocycles. The van der Waals surface area contributed by atoms with Gasteiger partial charge in [0.2, 0.25) is 5.91 Å². The first-order valence-corrected chi connectivity index (χ1v) is 9.90. The third-order valence-electron chi connectivity index (χ3n) is 5.67. The molecular formula is C18H32BrNO. The summed E-state index contributed by atoms with van der Waals surface area (Å²) >= 11 is 3.52. The Balaban J connectivity index is 1.90. The second-order valence-electron chi connectivity index (χ2n) is 8.22. The van der Waals surface area contributed by atoms with Gasteiger partial charge in [-0.25, -0.2) is 0 Å². The van der Waals surface area contributed by atoms with Crippen molar-refractivity contribution in [3.8, 4) is 0 Å². The number of alkyl halides is 1. The Bertz CT molecular complexity index is 350. The molecule has 0 aliphatic heterocycles. The van der Waals surface area contributed by atoms with Gasteiger partial charge in [-0.05, 0) is 42.9 Å². The van der Waals surface area contributed by atoms with E-state index in [2.05, 4.69) is 42.0 Å². The molecule has 0 bridgehead atoms. The van der Waals surface area contributed by atoms with Crippen LogP contribution in [0.5, 0.6) is 0 Å². The van der Waals surface area contributed by atoms with Crippen LogP contribution in [-0.2, 0) is 4.79 Å². The van der Waals surface area contributed by atoms with Crippen molar-refractivity contribution in [1.82, 2.24) is 5.32 Å². The molecule has 2 saturated carbocycles. The predicted octanol–water partition coefficient (Wildman–Crippen LogP) is 4.91. The fourth-order valence-corrected chi connectivity index (χ4v) is 4.69. The maximum Gasteiger partial charge on any atom is 0.223 e. The molecule has 1 amide bonds. The zero-order valence-corrected chi connectivity index (χ0v) is 15.5. The van der Waals surface area contributed by atoms with E-state index in [1.54, 1.807) is 0 Å². The quantitative estimate of drug-likeness (QED) is 0.711. The van der Waals surface area contributed by atoms with E-state index < -0.39 is 0 Å². The number of hydrogen-bond donors (Lipinski definition) is 1. The molecule has 2 aliphatic carbocycles. The molecule has 1 N–H and O–H groups in total. The largest absolute Gasteiger partial charge is 0.353 e. The van der Waals surface area contributed by atoms with Gasteiger partial charge in [0.25, 0.3) is 0 Å². The van der Waals surface area contributed by atoms with Gasteiger partial charge in [0, 0.05) is 17.3 Å². The molecule has 0 heterocycles. The number of fused-ring (bicyclic) bond motifs is 1. The number of halogens is 1. The summed E-state index contributed by atoms with van der Waals surface area (Å²) in [6.45, 7) is 6.66. The highest BCUT2D eigenvalue weighted by Gasteiger charge is 2.36. The molecule has 2 rings (SSSR count). The Morgan fingerprint density at radius 1 is 1.14 bits per heavy atom. The Morgan fingerprint density at radius 3 is 2.43 bits per heavy atom. The summed E-state index contributed by atoms with van der Waals surface area (Å²) in [7, 11) is 0. The lowest BCUT2D eigenvalue weighted by Gasteiger charge is -2.40. The van der Waals surface area contributed by atoms with E-state index in [9.17, 15) is 4.79 Å². The number of nitrogens with one attached hydrogen (secondary N) is 1. The van der Waals surface area contributed by atoms with Gasteiger partial charge in [0.1, 0.15) is 0 Å². The van der Waals surface area contributed by atoms with Crippen LogP contribution in [0.25, 0.3) is 0 Å². The lowest BCUT2D eigenvalue weighted by Crippen LogP contribution is -2.47. The number of amides is 1. The summed E-state index contributed by atoms with van der Waals surface area (Å²) < 4.78 is 0. The van der Waals surface area contributed by atoms with Crippen LogP contribution in [-0.4, -0.2) is 17.3 Å². The summed E-state index contributed by atoms with van der Waals surface area (Å²) in [6.07, 6.45) is 10.1. The highest BCUT2D eigenvalue weighted by molar-refractivity contribution is 9.09. The van der Waals surface area contributed by atoms with E-state index in [-0.39, 0.29) is 17.4 Å². The average molecular weight is 358 g/mol. The highest BCUT2D eigenvalue weighted by Crippen LogP contribution is 2.42. The van der Waals surface area contributed by atoms with Crippen LogP contribution in [0.3, 0.4) is 0 Å². The minimum absolute atomic E-state index is 0.130. The van der Waals surface area contributed by atoms with Crippen LogP contribution in [0.15, 0.2) is 0 Å². The molecule has 4 atom stereocenters. The van der Waals surface area contributed by atoms with Crippen LogP contribution in [0, 0.1) is 23.2 Å². The number of carbonyl (C=O) groups excluding carboxylic acids is 1. The van der Waals surface area contributed by atoms with Gasteiger partial charge in [-0.1, -0.05) is 62.4 Å². The van der Waals surface area contributed by atoms with E-state index in [4.69, 9.17) is 0 Å². The third kappa shape index (κ3) is 4.71. The van der Waals surface area contributed by atoms with Crippen molar-refractivity contribution >= 4 is 21.8 Å². The monoisotopic (exact) mass is 357 g/mol. The first-order valence-electron chi connectivity index (χ1n) is 8.78. The molecule has 0 aromatic heterocycles. The van der Waals surface area contributed by atoms with E-state index in [1.807, 2.05) is 0 Å². The predicted molar refractivity (Wildman–Crippen MR) is 92.6 cm³/mol. The van der Waals surface area contributed by atoms with Gasteiger partial charge in [0.05, 0.1) is 0 Å². The van der Waals surface area contributed by atoms with Crippen molar-refractivity contribution in [3.05, 3.63) is 0 Å². The molecule has 0 radical (unpaired) electrons. The van der Waals surface area contributed by atoms with Crippen molar-refractivity contribution in [2.45, 2.75) is 78.2 Å². The average Bonchev–Trinajstić information content (AvgIpc) is 2.45. The topological polar surface area (TPSA) is 29.1 Å². The Morgan fingerprint density at radius 2 is 1.81 bits per heavy atom. The first kappa shape index (κ1) is 17.3.